The van der Waals surface area contributed by atoms with Gasteiger partial charge < -0.3 is 25.0 Å². The number of guanidine groups is 1. The molecule has 0 aromatic rings. The lowest BCUT2D eigenvalue weighted by Gasteiger charge is -2.35. The summed E-state index contributed by atoms with van der Waals surface area (Å²) in [4.78, 5) is 20.4. The summed E-state index contributed by atoms with van der Waals surface area (Å²) in [5.74, 6) is 1.38. The maximum Gasteiger partial charge on any atom is 0.410 e. The highest BCUT2D eigenvalue weighted by Gasteiger charge is 2.22. The first-order chi connectivity index (χ1) is 13.1. The van der Waals surface area contributed by atoms with Crippen LogP contribution in [0.5, 0.6) is 0 Å². The Hall–Kier alpha value is -1.54. The molecule has 1 fully saturated rings. The van der Waals surface area contributed by atoms with Gasteiger partial charge in [0.15, 0.2) is 5.96 Å². The van der Waals surface area contributed by atoms with Crippen molar-refractivity contribution in [3.8, 4) is 0 Å². The molecule has 1 heterocycles. The third-order valence-electron chi connectivity index (χ3n) is 4.48. The molecule has 0 spiro atoms. The van der Waals surface area contributed by atoms with Gasteiger partial charge in [0.2, 0.25) is 0 Å². The average Bonchev–Trinajstić information content (AvgIpc) is 2.62. The van der Waals surface area contributed by atoms with Gasteiger partial charge in [-0.05, 0) is 33.1 Å². The van der Waals surface area contributed by atoms with E-state index in [2.05, 4.69) is 34.4 Å². The van der Waals surface area contributed by atoms with Crippen LogP contribution in [0.3, 0.4) is 0 Å². The first-order valence-corrected chi connectivity index (χ1v) is 10.3. The summed E-state index contributed by atoms with van der Waals surface area (Å²) in [5, 5.41) is 6.71. The third-order valence-corrected chi connectivity index (χ3v) is 4.48. The molecule has 1 aliphatic rings. The Kier molecular flexibility index (Phi) is 10.6. The van der Waals surface area contributed by atoms with Gasteiger partial charge in [-0.1, -0.05) is 13.8 Å². The van der Waals surface area contributed by atoms with Crippen molar-refractivity contribution in [3.63, 3.8) is 0 Å². The van der Waals surface area contributed by atoms with Crippen LogP contribution in [0.4, 0.5) is 4.79 Å². The zero-order valence-corrected chi connectivity index (χ0v) is 18.9. The summed E-state index contributed by atoms with van der Waals surface area (Å²) in [5.41, 5.74) is -0.485. The lowest BCUT2D eigenvalue weighted by molar-refractivity contribution is 0.0132. The van der Waals surface area contributed by atoms with Crippen molar-refractivity contribution >= 4 is 12.1 Å². The van der Waals surface area contributed by atoms with E-state index in [1.807, 2.05) is 20.8 Å². The standard InChI is InChI=1S/C20H41N5O3/c1-16(2)14-17(25-10-12-27-13-11-25)15-23-18(21-6)22-8-9-24(7)19(26)28-20(3,4)5/h16-17H,8-15H2,1-7H3,(H2,21,22,23). The van der Waals surface area contributed by atoms with Crippen LogP contribution in [0.2, 0.25) is 0 Å². The van der Waals surface area contributed by atoms with Crippen molar-refractivity contribution in [1.29, 1.82) is 0 Å². The summed E-state index contributed by atoms with van der Waals surface area (Å²) in [6, 6.07) is 0.451. The Morgan fingerprint density at radius 1 is 1.25 bits per heavy atom. The van der Waals surface area contributed by atoms with E-state index in [0.29, 0.717) is 25.0 Å². The minimum absolute atomic E-state index is 0.318. The molecular weight excluding hydrogens is 358 g/mol. The molecule has 8 heteroatoms. The van der Waals surface area contributed by atoms with Crippen molar-refractivity contribution in [2.24, 2.45) is 10.9 Å². The van der Waals surface area contributed by atoms with Crippen molar-refractivity contribution in [2.75, 3.05) is 60.0 Å². The normalized spacial score (nSPS) is 17.4. The van der Waals surface area contributed by atoms with Crippen molar-refractivity contribution in [3.05, 3.63) is 0 Å². The molecule has 0 radical (unpaired) electrons. The number of nitrogens with one attached hydrogen (secondary N) is 2. The van der Waals surface area contributed by atoms with Crippen molar-refractivity contribution in [2.45, 2.75) is 52.7 Å². The fourth-order valence-electron chi connectivity index (χ4n) is 3.06. The topological polar surface area (TPSA) is 78.4 Å². The highest BCUT2D eigenvalue weighted by molar-refractivity contribution is 5.79. The SMILES string of the molecule is CN=C(NCCN(C)C(=O)OC(C)(C)C)NCC(CC(C)C)N1CCOCC1. The van der Waals surface area contributed by atoms with Crippen LogP contribution in [0.15, 0.2) is 4.99 Å². The van der Waals surface area contributed by atoms with Crippen LogP contribution in [-0.2, 0) is 9.47 Å². The Morgan fingerprint density at radius 3 is 2.43 bits per heavy atom. The number of hydrogen-bond acceptors (Lipinski definition) is 5. The molecule has 0 saturated carbocycles. The molecule has 0 aromatic heterocycles. The number of amides is 1. The van der Waals surface area contributed by atoms with E-state index in [1.54, 1.807) is 19.0 Å². The van der Waals surface area contributed by atoms with E-state index in [4.69, 9.17) is 9.47 Å². The van der Waals surface area contributed by atoms with Gasteiger partial charge in [0.1, 0.15) is 5.60 Å². The zero-order chi connectivity index (χ0) is 21.2. The predicted octanol–water partition coefficient (Wildman–Crippen LogP) is 1.77. The minimum Gasteiger partial charge on any atom is -0.444 e. The lowest BCUT2D eigenvalue weighted by Crippen LogP contribution is -2.51. The molecule has 1 saturated heterocycles. The fraction of sp³-hybridized carbons (Fsp3) is 0.900. The number of rotatable bonds is 8. The van der Waals surface area contributed by atoms with Gasteiger partial charge in [0, 0.05) is 52.9 Å². The molecule has 2 N–H and O–H groups in total. The molecule has 1 rings (SSSR count). The number of likely N-dealkylation sites (N-methyl/N-ethyl adjacent to an activating group) is 1. The summed E-state index contributed by atoms with van der Waals surface area (Å²) in [6.45, 7) is 15.6. The second-order valence-corrected chi connectivity index (χ2v) is 8.71. The summed E-state index contributed by atoms with van der Waals surface area (Å²) < 4.78 is 10.9. The summed E-state index contributed by atoms with van der Waals surface area (Å²) in [7, 11) is 3.50. The number of carbonyl (C=O) groups is 1. The van der Waals surface area contributed by atoms with Crippen LogP contribution in [0, 0.1) is 5.92 Å². The second kappa shape index (κ2) is 12.1. The zero-order valence-electron chi connectivity index (χ0n) is 18.9. The largest absolute Gasteiger partial charge is 0.444 e. The average molecular weight is 400 g/mol. The van der Waals surface area contributed by atoms with Gasteiger partial charge >= 0.3 is 6.09 Å². The molecular formula is C20H41N5O3. The molecule has 1 aliphatic heterocycles. The van der Waals surface area contributed by atoms with Crippen LogP contribution in [0.25, 0.3) is 0 Å². The number of aliphatic imine (C=N–C) groups is 1. The lowest BCUT2D eigenvalue weighted by atomic mass is 10.0. The summed E-state index contributed by atoms with van der Waals surface area (Å²) in [6.07, 6.45) is 0.812. The van der Waals surface area contributed by atoms with E-state index >= 15 is 0 Å². The maximum atomic E-state index is 12.0. The van der Waals surface area contributed by atoms with Crippen LogP contribution < -0.4 is 10.6 Å². The smallest absolute Gasteiger partial charge is 0.410 e. The van der Waals surface area contributed by atoms with Gasteiger partial charge in [0.05, 0.1) is 13.2 Å². The minimum atomic E-state index is -0.485. The first kappa shape index (κ1) is 24.5. The molecule has 28 heavy (non-hydrogen) atoms. The quantitative estimate of drug-likeness (QED) is 0.478. The highest BCUT2D eigenvalue weighted by atomic mass is 16.6. The Labute approximate surface area is 171 Å². The van der Waals surface area contributed by atoms with E-state index in [9.17, 15) is 4.79 Å². The molecule has 0 aliphatic carbocycles. The monoisotopic (exact) mass is 399 g/mol. The first-order valence-electron chi connectivity index (χ1n) is 10.3. The molecule has 8 nitrogen and oxygen atoms in total. The van der Waals surface area contributed by atoms with Crippen LogP contribution in [-0.4, -0.2) is 93.5 Å². The molecule has 0 aromatic carbocycles. The number of hydrogen-bond donors (Lipinski definition) is 2. The van der Waals surface area contributed by atoms with Gasteiger partial charge in [-0.2, -0.15) is 0 Å². The Bertz CT molecular complexity index is 485. The fourth-order valence-corrected chi connectivity index (χ4v) is 3.06. The number of carbonyl (C=O) groups excluding carboxylic acids is 1. The highest BCUT2D eigenvalue weighted by Crippen LogP contribution is 2.13. The third kappa shape index (κ3) is 10.1. The van der Waals surface area contributed by atoms with E-state index < -0.39 is 5.60 Å². The van der Waals surface area contributed by atoms with Crippen molar-refractivity contribution in [1.82, 2.24) is 20.4 Å². The number of morpholine rings is 1. The Balaban J connectivity index is 2.42. The Morgan fingerprint density at radius 2 is 1.89 bits per heavy atom. The van der Waals surface area contributed by atoms with Gasteiger partial charge in [-0.15, -0.1) is 0 Å². The van der Waals surface area contributed by atoms with E-state index in [-0.39, 0.29) is 6.09 Å². The predicted molar refractivity (Wildman–Crippen MR) is 114 cm³/mol. The molecule has 164 valence electrons. The number of nitrogens with zero attached hydrogens (tertiary/aromatic N) is 3. The van der Waals surface area contributed by atoms with Crippen LogP contribution >= 0.6 is 0 Å². The second-order valence-electron chi connectivity index (χ2n) is 8.71. The molecule has 1 unspecified atom stereocenters. The van der Waals surface area contributed by atoms with Gasteiger partial charge in [-0.25, -0.2) is 4.79 Å². The van der Waals surface area contributed by atoms with Gasteiger partial charge in [-0.3, -0.25) is 9.89 Å². The van der Waals surface area contributed by atoms with E-state index in [0.717, 1.165) is 45.2 Å². The number of ether oxygens (including phenoxy) is 2. The maximum absolute atomic E-state index is 12.0. The van der Waals surface area contributed by atoms with Crippen LogP contribution in [0.1, 0.15) is 41.0 Å². The molecule has 0 bridgehead atoms. The molecule has 1 atom stereocenters. The van der Waals surface area contributed by atoms with Gasteiger partial charge in [0.25, 0.3) is 0 Å². The van der Waals surface area contributed by atoms with E-state index in [1.165, 1.54) is 0 Å². The molecule has 1 amide bonds. The van der Waals surface area contributed by atoms with Crippen molar-refractivity contribution < 1.29 is 14.3 Å². The summed E-state index contributed by atoms with van der Waals surface area (Å²) >= 11 is 0.